The molecule has 0 spiro atoms. The van der Waals surface area contributed by atoms with Crippen LogP contribution >= 0.6 is 11.6 Å². The summed E-state index contributed by atoms with van der Waals surface area (Å²) < 4.78 is 1.67. The van der Waals surface area contributed by atoms with Gasteiger partial charge in [0, 0.05) is 60.5 Å². The van der Waals surface area contributed by atoms with Crippen LogP contribution in [-0.4, -0.2) is 27.8 Å². The van der Waals surface area contributed by atoms with Crippen LogP contribution in [0.4, 0.5) is 5.69 Å². The maximum Gasteiger partial charge on any atom is 0.258 e. The molecule has 0 saturated carbocycles. The number of para-hydroxylation sites is 1. The number of hydrogen-bond acceptors (Lipinski definition) is 3. The number of carbonyl (C=O) groups excluding carboxylic acids is 2. The first kappa shape index (κ1) is 20.5. The number of rotatable bonds is 2. The average Bonchev–Trinajstić information content (AvgIpc) is 2.80. The second kappa shape index (κ2) is 7.95. The van der Waals surface area contributed by atoms with Gasteiger partial charge in [0.15, 0.2) is 0 Å². The standard InChI is InChI=1S/C25H22ClN3O3/c1-28-22-10-11-29(25(32)19-13-23(30)27-21-9-5-3-7-17(19)21)14-15(22)12-18(24(28)31)16-6-2-4-8-20(16)26/h2-9,12,19H,10-11,13-14H2,1H3,(H,27,30). The number of aromatic nitrogens is 1. The lowest BCUT2D eigenvalue weighted by Gasteiger charge is -2.34. The lowest BCUT2D eigenvalue weighted by atomic mass is 9.88. The van der Waals surface area contributed by atoms with E-state index in [1.165, 1.54) is 0 Å². The lowest BCUT2D eigenvalue weighted by Crippen LogP contribution is -2.42. The first-order valence-electron chi connectivity index (χ1n) is 10.6. The van der Waals surface area contributed by atoms with E-state index in [1.807, 2.05) is 48.5 Å². The highest BCUT2D eigenvalue weighted by molar-refractivity contribution is 6.33. The quantitative estimate of drug-likeness (QED) is 0.650. The zero-order chi connectivity index (χ0) is 22.4. The summed E-state index contributed by atoms with van der Waals surface area (Å²) in [6, 6.07) is 16.6. The molecule has 3 aromatic rings. The molecule has 0 bridgehead atoms. The Hall–Kier alpha value is -3.38. The van der Waals surface area contributed by atoms with E-state index in [4.69, 9.17) is 11.6 Å². The third-order valence-electron chi connectivity index (χ3n) is 6.38. The summed E-state index contributed by atoms with van der Waals surface area (Å²) in [5.41, 5.74) is 4.50. The Balaban J connectivity index is 1.50. The zero-order valence-electron chi connectivity index (χ0n) is 17.6. The van der Waals surface area contributed by atoms with E-state index in [2.05, 4.69) is 5.32 Å². The van der Waals surface area contributed by atoms with Crippen molar-refractivity contribution in [3.63, 3.8) is 0 Å². The molecule has 0 aliphatic carbocycles. The molecular formula is C25H22ClN3O3. The van der Waals surface area contributed by atoms with Gasteiger partial charge in [-0.05, 0) is 29.3 Å². The fraction of sp³-hybridized carbons (Fsp3) is 0.240. The van der Waals surface area contributed by atoms with Crippen LogP contribution in [0.15, 0.2) is 59.4 Å². The molecule has 0 saturated heterocycles. The van der Waals surface area contributed by atoms with Gasteiger partial charge in [0.2, 0.25) is 11.8 Å². The van der Waals surface area contributed by atoms with Gasteiger partial charge in [-0.2, -0.15) is 0 Å². The van der Waals surface area contributed by atoms with Crippen LogP contribution in [0.25, 0.3) is 11.1 Å². The Morgan fingerprint density at radius 2 is 1.81 bits per heavy atom. The minimum Gasteiger partial charge on any atom is -0.337 e. The van der Waals surface area contributed by atoms with Crippen LogP contribution in [0.1, 0.15) is 29.2 Å². The first-order valence-corrected chi connectivity index (χ1v) is 11.0. The molecule has 5 rings (SSSR count). The molecule has 1 aromatic heterocycles. The molecule has 6 nitrogen and oxygen atoms in total. The molecule has 32 heavy (non-hydrogen) atoms. The number of nitrogens with zero attached hydrogens (tertiary/aromatic N) is 2. The van der Waals surface area contributed by atoms with E-state index in [-0.39, 0.29) is 23.8 Å². The molecular weight excluding hydrogens is 426 g/mol. The SMILES string of the molecule is Cn1c2c(cc(-c3ccccc3Cl)c1=O)CN(C(=O)C1CC(=O)Nc3ccccc31)CC2. The smallest absolute Gasteiger partial charge is 0.258 e. The van der Waals surface area contributed by atoms with Crippen molar-refractivity contribution in [2.24, 2.45) is 7.05 Å². The van der Waals surface area contributed by atoms with Gasteiger partial charge in [-0.1, -0.05) is 48.0 Å². The van der Waals surface area contributed by atoms with Crippen LogP contribution in [0.5, 0.6) is 0 Å². The van der Waals surface area contributed by atoms with E-state index in [9.17, 15) is 14.4 Å². The molecule has 2 amide bonds. The topological polar surface area (TPSA) is 71.4 Å². The summed E-state index contributed by atoms with van der Waals surface area (Å²) in [5.74, 6) is -0.717. The minimum absolute atomic E-state index is 0.0638. The third-order valence-corrected chi connectivity index (χ3v) is 6.71. The van der Waals surface area contributed by atoms with E-state index >= 15 is 0 Å². The number of hydrogen-bond donors (Lipinski definition) is 1. The number of halogens is 1. The second-order valence-electron chi connectivity index (χ2n) is 8.28. The van der Waals surface area contributed by atoms with Crippen LogP contribution in [0.2, 0.25) is 5.02 Å². The van der Waals surface area contributed by atoms with Gasteiger partial charge in [0.1, 0.15) is 0 Å². The monoisotopic (exact) mass is 447 g/mol. The van der Waals surface area contributed by atoms with Crippen molar-refractivity contribution in [3.8, 4) is 11.1 Å². The maximum atomic E-state index is 13.5. The summed E-state index contributed by atoms with van der Waals surface area (Å²) in [6.45, 7) is 0.894. The molecule has 1 atom stereocenters. The number of amides is 2. The molecule has 1 N–H and O–H groups in total. The van der Waals surface area contributed by atoms with Crippen molar-refractivity contribution < 1.29 is 9.59 Å². The van der Waals surface area contributed by atoms with E-state index < -0.39 is 5.92 Å². The largest absolute Gasteiger partial charge is 0.337 e. The third kappa shape index (κ3) is 3.41. The molecule has 2 aliphatic rings. The van der Waals surface area contributed by atoms with Crippen molar-refractivity contribution in [2.45, 2.75) is 25.3 Å². The zero-order valence-corrected chi connectivity index (χ0v) is 18.4. The Labute approximate surface area is 190 Å². The number of pyridine rings is 1. The number of fused-ring (bicyclic) bond motifs is 2. The minimum atomic E-state index is -0.503. The number of carbonyl (C=O) groups is 2. The van der Waals surface area contributed by atoms with Crippen molar-refractivity contribution in [3.05, 3.63) is 86.8 Å². The predicted molar refractivity (Wildman–Crippen MR) is 124 cm³/mol. The van der Waals surface area contributed by atoms with Gasteiger partial charge < -0.3 is 14.8 Å². The van der Waals surface area contributed by atoms with Crippen LogP contribution < -0.4 is 10.9 Å². The fourth-order valence-electron chi connectivity index (χ4n) is 4.74. The van der Waals surface area contributed by atoms with Gasteiger partial charge in [-0.25, -0.2) is 0 Å². The van der Waals surface area contributed by atoms with Gasteiger partial charge in [0.05, 0.1) is 5.92 Å². The van der Waals surface area contributed by atoms with Gasteiger partial charge in [-0.15, -0.1) is 0 Å². The average molecular weight is 448 g/mol. The first-order chi connectivity index (χ1) is 15.4. The molecule has 3 heterocycles. The summed E-state index contributed by atoms with van der Waals surface area (Å²) in [7, 11) is 1.76. The Bertz CT molecular complexity index is 1310. The van der Waals surface area contributed by atoms with Gasteiger partial charge in [0.25, 0.3) is 5.56 Å². The normalized spacial score (nSPS) is 17.4. The Morgan fingerprint density at radius 1 is 1.06 bits per heavy atom. The molecule has 1 unspecified atom stereocenters. The summed E-state index contributed by atoms with van der Waals surface area (Å²) in [6.07, 6.45) is 0.716. The molecule has 162 valence electrons. The number of nitrogens with one attached hydrogen (secondary N) is 1. The Morgan fingerprint density at radius 3 is 2.62 bits per heavy atom. The molecule has 2 aromatic carbocycles. The second-order valence-corrected chi connectivity index (χ2v) is 8.68. The molecule has 0 fully saturated rings. The highest BCUT2D eigenvalue weighted by atomic mass is 35.5. The van der Waals surface area contributed by atoms with Gasteiger partial charge >= 0.3 is 0 Å². The molecule has 7 heteroatoms. The predicted octanol–water partition coefficient (Wildman–Crippen LogP) is 3.72. The van der Waals surface area contributed by atoms with Crippen molar-refractivity contribution >= 4 is 29.1 Å². The number of benzene rings is 2. The van der Waals surface area contributed by atoms with E-state index in [0.29, 0.717) is 41.3 Å². The van der Waals surface area contributed by atoms with Crippen molar-refractivity contribution in [2.75, 3.05) is 11.9 Å². The lowest BCUT2D eigenvalue weighted by molar-refractivity contribution is -0.135. The highest BCUT2D eigenvalue weighted by Gasteiger charge is 2.35. The van der Waals surface area contributed by atoms with E-state index in [1.54, 1.807) is 22.6 Å². The van der Waals surface area contributed by atoms with Gasteiger partial charge in [-0.3, -0.25) is 14.4 Å². The highest BCUT2D eigenvalue weighted by Crippen LogP contribution is 2.35. The Kier molecular flexibility index (Phi) is 5.10. The fourth-order valence-corrected chi connectivity index (χ4v) is 4.98. The molecule has 2 aliphatic heterocycles. The van der Waals surface area contributed by atoms with E-state index in [0.717, 1.165) is 16.8 Å². The van der Waals surface area contributed by atoms with Crippen molar-refractivity contribution in [1.29, 1.82) is 0 Å². The maximum absolute atomic E-state index is 13.5. The van der Waals surface area contributed by atoms with Crippen molar-refractivity contribution in [1.82, 2.24) is 9.47 Å². The molecule has 0 radical (unpaired) electrons. The number of anilines is 1. The van der Waals surface area contributed by atoms with Crippen LogP contribution in [0, 0.1) is 0 Å². The van der Waals surface area contributed by atoms with Crippen LogP contribution in [-0.2, 0) is 29.6 Å². The summed E-state index contributed by atoms with van der Waals surface area (Å²) in [4.78, 5) is 40.5. The summed E-state index contributed by atoms with van der Waals surface area (Å²) in [5, 5.41) is 3.36. The van der Waals surface area contributed by atoms with Crippen LogP contribution in [0.3, 0.4) is 0 Å². The summed E-state index contributed by atoms with van der Waals surface area (Å²) >= 11 is 6.36.